The molecule has 3 rings (SSSR count). The van der Waals surface area contributed by atoms with Crippen LogP contribution < -0.4 is 5.32 Å². The first-order valence-corrected chi connectivity index (χ1v) is 10.3. The van der Waals surface area contributed by atoms with Crippen LogP contribution in [-0.2, 0) is 14.3 Å². The number of thiophene rings is 2. The smallest absolute Gasteiger partial charge is 0.340 e. The van der Waals surface area contributed by atoms with Crippen LogP contribution in [0.15, 0.2) is 53.2 Å². The summed E-state index contributed by atoms with van der Waals surface area (Å²) in [5, 5.41) is 16.9. The summed E-state index contributed by atoms with van der Waals surface area (Å²) in [6.07, 6.45) is 1.71. The molecule has 1 N–H and O–H groups in total. The highest BCUT2D eigenvalue weighted by atomic mass is 35.5. The molecule has 0 spiro atoms. The van der Waals surface area contributed by atoms with Crippen LogP contribution in [0.2, 0.25) is 5.02 Å². The minimum atomic E-state index is -0.634. The zero-order valence-corrected chi connectivity index (χ0v) is 17.1. The first-order valence-electron chi connectivity index (χ1n) is 8.14. The van der Waals surface area contributed by atoms with Crippen molar-refractivity contribution in [2.45, 2.75) is 0 Å². The van der Waals surface area contributed by atoms with Crippen molar-refractivity contribution >= 4 is 69.2 Å². The van der Waals surface area contributed by atoms with E-state index < -0.39 is 23.4 Å². The van der Waals surface area contributed by atoms with Gasteiger partial charge in [0.25, 0.3) is 11.6 Å². The van der Waals surface area contributed by atoms with Crippen molar-refractivity contribution in [3.63, 3.8) is 0 Å². The number of carbonyl (C=O) groups excluding carboxylic acids is 2. The average Bonchev–Trinajstić information content (AvgIpc) is 3.39. The van der Waals surface area contributed by atoms with Gasteiger partial charge in [0, 0.05) is 21.9 Å². The highest BCUT2D eigenvalue weighted by molar-refractivity contribution is 7.12. The number of nitro benzene ring substituents is 1. The lowest BCUT2D eigenvalue weighted by atomic mass is 10.2. The van der Waals surface area contributed by atoms with Crippen molar-refractivity contribution in [1.82, 2.24) is 0 Å². The number of anilines is 1. The summed E-state index contributed by atoms with van der Waals surface area (Å²) in [6, 6.07) is 11.0. The van der Waals surface area contributed by atoms with Crippen LogP contribution in [0.5, 0.6) is 0 Å². The number of esters is 1. The first kappa shape index (κ1) is 20.7. The Balaban J connectivity index is 1.66. The summed E-state index contributed by atoms with van der Waals surface area (Å²) in [5.74, 6) is -1.25. The van der Waals surface area contributed by atoms with Crippen LogP contribution in [0.1, 0.15) is 9.75 Å². The van der Waals surface area contributed by atoms with Crippen molar-refractivity contribution in [1.29, 1.82) is 0 Å². The van der Waals surface area contributed by atoms with Crippen molar-refractivity contribution in [3.8, 4) is 0 Å². The minimum absolute atomic E-state index is 0.00995. The molecule has 0 fully saturated rings. The molecule has 0 aliphatic carbocycles. The van der Waals surface area contributed by atoms with E-state index in [0.29, 0.717) is 5.57 Å². The quantitative estimate of drug-likeness (QED) is 0.235. The van der Waals surface area contributed by atoms with Gasteiger partial charge in [-0.3, -0.25) is 14.9 Å². The largest absolute Gasteiger partial charge is 0.452 e. The molecular weight excluding hydrogens is 436 g/mol. The molecule has 0 radical (unpaired) electrons. The summed E-state index contributed by atoms with van der Waals surface area (Å²) in [7, 11) is 0. The number of carbonyl (C=O) groups is 2. The Morgan fingerprint density at radius 3 is 2.55 bits per heavy atom. The number of halogens is 1. The Morgan fingerprint density at radius 1 is 1.17 bits per heavy atom. The molecule has 3 aromatic rings. The molecule has 2 heterocycles. The van der Waals surface area contributed by atoms with E-state index in [1.54, 1.807) is 12.1 Å². The van der Waals surface area contributed by atoms with E-state index in [4.69, 9.17) is 16.3 Å². The van der Waals surface area contributed by atoms with Gasteiger partial charge in [0.15, 0.2) is 6.61 Å². The van der Waals surface area contributed by atoms with E-state index in [0.717, 1.165) is 15.8 Å². The van der Waals surface area contributed by atoms with Crippen molar-refractivity contribution in [2.24, 2.45) is 0 Å². The fourth-order valence-electron chi connectivity index (χ4n) is 2.29. The van der Waals surface area contributed by atoms with Gasteiger partial charge >= 0.3 is 5.97 Å². The standard InChI is InChI=1S/C19H13ClN2O5S2/c20-15-9-12(22(25)26)5-6-16(15)21-18(23)11-27-19(24)14(17-4-2-8-29-17)10-13-3-1-7-28-13/h1-10H,11H2,(H,21,23). The maximum atomic E-state index is 12.6. The lowest BCUT2D eigenvalue weighted by molar-refractivity contribution is -0.384. The van der Waals surface area contributed by atoms with Gasteiger partial charge < -0.3 is 10.1 Å². The summed E-state index contributed by atoms with van der Waals surface area (Å²) in [4.78, 5) is 36.4. The number of nitro groups is 1. The van der Waals surface area contributed by atoms with Gasteiger partial charge in [-0.25, -0.2) is 4.79 Å². The molecule has 0 bridgehead atoms. The SMILES string of the molecule is O=C(COC(=O)C(=Cc1cccs1)c1cccs1)Nc1ccc([N+](=O)[O-])cc1Cl. The number of ether oxygens (including phenoxy) is 1. The molecule has 29 heavy (non-hydrogen) atoms. The highest BCUT2D eigenvalue weighted by Crippen LogP contribution is 2.27. The van der Waals surface area contributed by atoms with Crippen molar-refractivity contribution in [2.75, 3.05) is 11.9 Å². The molecular formula is C19H13ClN2O5S2. The molecule has 2 aromatic heterocycles. The van der Waals surface area contributed by atoms with E-state index in [1.165, 1.54) is 34.8 Å². The van der Waals surface area contributed by atoms with Gasteiger partial charge in [-0.2, -0.15) is 0 Å². The molecule has 10 heteroatoms. The van der Waals surface area contributed by atoms with Gasteiger partial charge in [0.1, 0.15) is 0 Å². The lowest BCUT2D eigenvalue weighted by Crippen LogP contribution is -2.21. The number of hydrogen-bond donors (Lipinski definition) is 1. The third kappa shape index (κ3) is 5.50. The Morgan fingerprint density at radius 2 is 1.93 bits per heavy atom. The molecule has 1 amide bonds. The third-order valence-electron chi connectivity index (χ3n) is 3.61. The lowest BCUT2D eigenvalue weighted by Gasteiger charge is -2.09. The Bertz CT molecular complexity index is 1060. The number of non-ortho nitro benzene ring substituents is 1. The predicted molar refractivity (Wildman–Crippen MR) is 114 cm³/mol. The molecule has 0 unspecified atom stereocenters. The second-order valence-electron chi connectivity index (χ2n) is 5.60. The van der Waals surface area contributed by atoms with Gasteiger partial charge in [-0.05, 0) is 35.0 Å². The summed E-state index contributed by atoms with van der Waals surface area (Å²) < 4.78 is 5.15. The van der Waals surface area contributed by atoms with Gasteiger partial charge in [-0.1, -0.05) is 23.7 Å². The molecule has 7 nitrogen and oxygen atoms in total. The van der Waals surface area contributed by atoms with E-state index >= 15 is 0 Å². The van der Waals surface area contributed by atoms with Gasteiger partial charge in [0.05, 0.1) is 21.2 Å². The molecule has 0 saturated carbocycles. The normalized spacial score (nSPS) is 11.1. The summed E-state index contributed by atoms with van der Waals surface area (Å²) >= 11 is 8.81. The minimum Gasteiger partial charge on any atom is -0.452 e. The van der Waals surface area contributed by atoms with E-state index in [2.05, 4.69) is 5.32 Å². The van der Waals surface area contributed by atoms with E-state index in [-0.39, 0.29) is 16.4 Å². The number of hydrogen-bond acceptors (Lipinski definition) is 7. The van der Waals surface area contributed by atoms with Crippen LogP contribution in [0.3, 0.4) is 0 Å². The van der Waals surface area contributed by atoms with Crippen molar-refractivity contribution in [3.05, 3.63) is 78.1 Å². The number of rotatable bonds is 7. The second kappa shape index (κ2) is 9.46. The predicted octanol–water partition coefficient (Wildman–Crippen LogP) is 5.09. The highest BCUT2D eigenvalue weighted by Gasteiger charge is 2.18. The van der Waals surface area contributed by atoms with Crippen LogP contribution >= 0.6 is 34.3 Å². The Hall–Kier alpha value is -3.01. The zero-order chi connectivity index (χ0) is 20.8. The monoisotopic (exact) mass is 448 g/mol. The van der Waals surface area contributed by atoms with Crippen LogP contribution in [0, 0.1) is 10.1 Å². The van der Waals surface area contributed by atoms with E-state index in [1.807, 2.05) is 29.0 Å². The topological polar surface area (TPSA) is 98.5 Å². The molecule has 1 aromatic carbocycles. The summed E-state index contributed by atoms with van der Waals surface area (Å²) in [6.45, 7) is -0.528. The second-order valence-corrected chi connectivity index (χ2v) is 7.93. The third-order valence-corrected chi connectivity index (χ3v) is 5.64. The molecule has 0 aliphatic rings. The van der Waals surface area contributed by atoms with Crippen LogP contribution in [-0.4, -0.2) is 23.4 Å². The van der Waals surface area contributed by atoms with Crippen LogP contribution in [0.25, 0.3) is 11.6 Å². The Labute approximate surface area is 178 Å². The van der Waals surface area contributed by atoms with E-state index in [9.17, 15) is 19.7 Å². The molecule has 0 saturated heterocycles. The van der Waals surface area contributed by atoms with Crippen LogP contribution in [0.4, 0.5) is 11.4 Å². The van der Waals surface area contributed by atoms with Gasteiger partial charge in [-0.15, -0.1) is 22.7 Å². The number of nitrogens with one attached hydrogen (secondary N) is 1. The molecule has 0 atom stereocenters. The fraction of sp³-hybridized carbons (Fsp3) is 0.0526. The van der Waals surface area contributed by atoms with Gasteiger partial charge in [0.2, 0.25) is 0 Å². The number of benzene rings is 1. The number of amides is 1. The zero-order valence-electron chi connectivity index (χ0n) is 14.7. The van der Waals surface area contributed by atoms with Crippen molar-refractivity contribution < 1.29 is 19.2 Å². The maximum absolute atomic E-state index is 12.6. The first-order chi connectivity index (χ1) is 13.9. The summed E-state index contributed by atoms with van der Waals surface area (Å²) in [5.41, 5.74) is 0.341. The number of nitrogens with zero attached hydrogens (tertiary/aromatic N) is 1. The Kier molecular flexibility index (Phi) is 6.76. The molecule has 148 valence electrons. The fourth-order valence-corrected chi connectivity index (χ4v) is 3.90. The molecule has 0 aliphatic heterocycles. The maximum Gasteiger partial charge on any atom is 0.340 e. The average molecular weight is 449 g/mol.